The van der Waals surface area contributed by atoms with E-state index in [1.165, 1.54) is 18.0 Å². The van der Waals surface area contributed by atoms with Crippen LogP contribution < -0.4 is 5.73 Å². The number of rotatable bonds is 8. The van der Waals surface area contributed by atoms with Gasteiger partial charge >= 0.3 is 0 Å². The molecular formula is C24H31N7O. The van der Waals surface area contributed by atoms with Gasteiger partial charge in [0.15, 0.2) is 5.65 Å². The minimum atomic E-state index is 0.0329. The molecular weight excluding hydrogens is 402 g/mol. The maximum absolute atomic E-state index is 11.7. The molecule has 0 bridgehead atoms. The van der Waals surface area contributed by atoms with Crippen LogP contribution in [0.2, 0.25) is 0 Å². The molecule has 0 aliphatic carbocycles. The Bertz CT molecular complexity index is 1080. The first kappa shape index (κ1) is 22.0. The molecule has 168 valence electrons. The Morgan fingerprint density at radius 3 is 2.50 bits per heavy atom. The van der Waals surface area contributed by atoms with Crippen LogP contribution in [0, 0.1) is 6.92 Å². The average molecular weight is 434 g/mol. The van der Waals surface area contributed by atoms with E-state index in [1.54, 1.807) is 0 Å². The van der Waals surface area contributed by atoms with Crippen LogP contribution in [-0.4, -0.2) is 68.2 Å². The van der Waals surface area contributed by atoms with Crippen LogP contribution in [0.15, 0.2) is 43.2 Å². The van der Waals surface area contributed by atoms with Gasteiger partial charge in [0.05, 0.1) is 5.39 Å². The number of carbonyl (C=O) groups excluding carboxylic acids is 1. The number of piperazine rings is 1. The number of anilines is 1. The van der Waals surface area contributed by atoms with E-state index < -0.39 is 0 Å². The van der Waals surface area contributed by atoms with E-state index in [0.29, 0.717) is 5.82 Å². The van der Waals surface area contributed by atoms with Crippen LogP contribution in [0.5, 0.6) is 0 Å². The lowest BCUT2D eigenvalue weighted by Crippen LogP contribution is -2.48. The number of aromatic nitrogens is 4. The highest BCUT2D eigenvalue weighted by Gasteiger charge is 2.19. The van der Waals surface area contributed by atoms with Crippen molar-refractivity contribution in [1.82, 2.24) is 29.5 Å². The highest BCUT2D eigenvalue weighted by molar-refractivity contribution is 5.98. The van der Waals surface area contributed by atoms with Crippen molar-refractivity contribution in [3.05, 3.63) is 48.8 Å². The average Bonchev–Trinajstić information content (AvgIpc) is 3.19. The van der Waals surface area contributed by atoms with Gasteiger partial charge in [0.25, 0.3) is 0 Å². The maximum Gasteiger partial charge on any atom is 0.246 e. The van der Waals surface area contributed by atoms with E-state index in [1.807, 2.05) is 9.58 Å². The summed E-state index contributed by atoms with van der Waals surface area (Å²) in [6, 6.07) is 8.28. The van der Waals surface area contributed by atoms with Crippen molar-refractivity contribution in [1.29, 1.82) is 0 Å². The van der Waals surface area contributed by atoms with Crippen molar-refractivity contribution >= 4 is 22.8 Å². The summed E-state index contributed by atoms with van der Waals surface area (Å²) in [7, 11) is 0. The third-order valence-electron chi connectivity index (χ3n) is 6.09. The topological polar surface area (TPSA) is 93.2 Å². The quantitative estimate of drug-likeness (QED) is 0.434. The largest absolute Gasteiger partial charge is 0.383 e. The second kappa shape index (κ2) is 9.91. The Labute approximate surface area is 188 Å². The summed E-state index contributed by atoms with van der Waals surface area (Å²) < 4.78 is 1.96. The number of hydrogen-bond acceptors (Lipinski definition) is 6. The van der Waals surface area contributed by atoms with Gasteiger partial charge in [0.1, 0.15) is 17.8 Å². The van der Waals surface area contributed by atoms with Crippen molar-refractivity contribution in [2.24, 2.45) is 0 Å². The van der Waals surface area contributed by atoms with Gasteiger partial charge in [-0.3, -0.25) is 9.69 Å². The van der Waals surface area contributed by atoms with Crippen molar-refractivity contribution < 1.29 is 4.79 Å². The predicted molar refractivity (Wildman–Crippen MR) is 127 cm³/mol. The van der Waals surface area contributed by atoms with Gasteiger partial charge in [-0.05, 0) is 32.4 Å². The number of aryl methyl sites for hydroxylation is 2. The first-order valence-electron chi connectivity index (χ1n) is 11.2. The number of nitrogen functional groups attached to an aromatic ring is 1. The molecule has 0 atom stereocenters. The minimum absolute atomic E-state index is 0.0329. The Morgan fingerprint density at radius 1 is 1.06 bits per heavy atom. The molecule has 1 saturated heterocycles. The van der Waals surface area contributed by atoms with E-state index in [9.17, 15) is 4.79 Å². The third-order valence-corrected chi connectivity index (χ3v) is 6.09. The fourth-order valence-corrected chi connectivity index (χ4v) is 4.19. The van der Waals surface area contributed by atoms with Gasteiger partial charge in [-0.2, -0.15) is 5.10 Å². The molecule has 3 aromatic rings. The monoisotopic (exact) mass is 433 g/mol. The minimum Gasteiger partial charge on any atom is -0.383 e. The molecule has 1 aromatic carbocycles. The summed E-state index contributed by atoms with van der Waals surface area (Å²) in [5.74, 6) is 0.497. The van der Waals surface area contributed by atoms with Gasteiger partial charge in [-0.15, -0.1) is 0 Å². The molecule has 1 fully saturated rings. The highest BCUT2D eigenvalue weighted by Crippen LogP contribution is 2.30. The maximum atomic E-state index is 11.7. The zero-order chi connectivity index (χ0) is 22.5. The molecule has 1 aliphatic heterocycles. The molecule has 0 saturated carbocycles. The number of amides is 1. The van der Waals surface area contributed by atoms with Crippen LogP contribution in [0.25, 0.3) is 22.3 Å². The fraction of sp³-hybridized carbons (Fsp3) is 0.417. The number of nitrogens with zero attached hydrogens (tertiary/aromatic N) is 6. The summed E-state index contributed by atoms with van der Waals surface area (Å²) in [4.78, 5) is 24.6. The third kappa shape index (κ3) is 4.80. The van der Waals surface area contributed by atoms with Crippen LogP contribution in [0.4, 0.5) is 5.82 Å². The molecule has 4 rings (SSSR count). The Balaban J connectivity index is 1.33. The molecule has 0 unspecified atom stereocenters. The van der Waals surface area contributed by atoms with E-state index in [2.05, 4.69) is 52.6 Å². The Kier molecular flexibility index (Phi) is 6.80. The van der Waals surface area contributed by atoms with Gasteiger partial charge in [0.2, 0.25) is 5.91 Å². The predicted octanol–water partition coefficient (Wildman–Crippen LogP) is 2.88. The van der Waals surface area contributed by atoms with E-state index in [0.717, 1.165) is 80.8 Å². The summed E-state index contributed by atoms with van der Waals surface area (Å²) in [6.07, 6.45) is 6.15. The zero-order valence-electron chi connectivity index (χ0n) is 18.7. The molecule has 8 nitrogen and oxygen atoms in total. The molecule has 0 spiro atoms. The molecule has 2 N–H and O–H groups in total. The Hall–Kier alpha value is -3.26. The fourth-order valence-electron chi connectivity index (χ4n) is 4.19. The summed E-state index contributed by atoms with van der Waals surface area (Å²) in [5, 5.41) is 5.67. The number of benzene rings is 1. The molecule has 8 heteroatoms. The van der Waals surface area contributed by atoms with Crippen molar-refractivity contribution in [2.45, 2.75) is 32.7 Å². The van der Waals surface area contributed by atoms with Crippen molar-refractivity contribution in [2.75, 3.05) is 38.5 Å². The Morgan fingerprint density at radius 2 is 1.78 bits per heavy atom. The highest BCUT2D eigenvalue weighted by atomic mass is 16.2. The lowest BCUT2D eigenvalue weighted by molar-refractivity contribution is -0.127. The van der Waals surface area contributed by atoms with Gasteiger partial charge in [-0.1, -0.05) is 42.8 Å². The van der Waals surface area contributed by atoms with E-state index in [4.69, 9.17) is 10.8 Å². The molecule has 2 aromatic heterocycles. The molecule has 0 radical (unpaired) electrons. The lowest BCUT2D eigenvalue weighted by atomic mass is 10.1. The summed E-state index contributed by atoms with van der Waals surface area (Å²) in [6.45, 7) is 10.9. The number of carbonyl (C=O) groups is 1. The summed E-state index contributed by atoms with van der Waals surface area (Å²) >= 11 is 0. The number of nitrogens with two attached hydrogens (primary N) is 1. The molecule has 1 amide bonds. The molecule has 32 heavy (non-hydrogen) atoms. The number of hydrogen-bond donors (Lipinski definition) is 1. The molecule has 1 aliphatic rings. The SMILES string of the molecule is C=CC(=O)N1CCN(CCCCCn2nc(-c3ccc(C)cc3)c3c(N)ncnc32)CC1. The lowest BCUT2D eigenvalue weighted by Gasteiger charge is -2.34. The number of unbranched alkanes of at least 4 members (excludes halogenated alkanes) is 2. The zero-order valence-corrected chi connectivity index (χ0v) is 18.7. The van der Waals surface area contributed by atoms with Crippen LogP contribution >= 0.6 is 0 Å². The van der Waals surface area contributed by atoms with Gasteiger partial charge in [-0.25, -0.2) is 14.6 Å². The van der Waals surface area contributed by atoms with Gasteiger partial charge < -0.3 is 10.6 Å². The van der Waals surface area contributed by atoms with Crippen LogP contribution in [0.3, 0.4) is 0 Å². The van der Waals surface area contributed by atoms with Crippen LogP contribution in [-0.2, 0) is 11.3 Å². The van der Waals surface area contributed by atoms with Crippen molar-refractivity contribution in [3.8, 4) is 11.3 Å². The molecule has 3 heterocycles. The summed E-state index contributed by atoms with van der Waals surface area (Å²) in [5.41, 5.74) is 10.0. The van der Waals surface area contributed by atoms with Crippen LogP contribution in [0.1, 0.15) is 24.8 Å². The van der Waals surface area contributed by atoms with Gasteiger partial charge in [0, 0.05) is 38.3 Å². The van der Waals surface area contributed by atoms with E-state index in [-0.39, 0.29) is 5.91 Å². The second-order valence-electron chi connectivity index (χ2n) is 8.33. The normalized spacial score (nSPS) is 14.7. The smallest absolute Gasteiger partial charge is 0.246 e. The van der Waals surface area contributed by atoms with E-state index >= 15 is 0 Å². The first-order valence-corrected chi connectivity index (χ1v) is 11.2. The number of fused-ring (bicyclic) bond motifs is 1. The standard InChI is InChI=1S/C24H31N7O/c1-3-20(32)30-15-13-29(14-16-30)11-5-4-6-12-31-24-21(23(25)26-17-27-24)22(28-31)19-9-7-18(2)8-10-19/h3,7-10,17H,1,4-6,11-16H2,2H3,(H2,25,26,27). The second-order valence-corrected chi connectivity index (χ2v) is 8.33. The van der Waals surface area contributed by atoms with Crippen molar-refractivity contribution in [3.63, 3.8) is 0 Å². The first-order chi connectivity index (χ1) is 15.6.